The average molecular weight is 475 g/mol. The summed E-state index contributed by atoms with van der Waals surface area (Å²) < 4.78 is 10.8. The molecular formula is C23H27ClN4O5. The third-order valence-electron chi connectivity index (χ3n) is 4.37. The fourth-order valence-corrected chi connectivity index (χ4v) is 2.87. The summed E-state index contributed by atoms with van der Waals surface area (Å²) in [5.41, 5.74) is 8.57. The summed E-state index contributed by atoms with van der Waals surface area (Å²) >= 11 is 5.85. The Hall–Kier alpha value is -3.59. The van der Waals surface area contributed by atoms with Gasteiger partial charge < -0.3 is 20.5 Å². The lowest BCUT2D eigenvalue weighted by atomic mass is 10.0. The van der Waals surface area contributed by atoms with Crippen LogP contribution in [0.1, 0.15) is 36.7 Å². The molecule has 0 aliphatic heterocycles. The molecule has 4 N–H and O–H groups in total. The monoisotopic (exact) mass is 474 g/mol. The van der Waals surface area contributed by atoms with Crippen molar-refractivity contribution in [3.63, 3.8) is 0 Å². The molecule has 0 aliphatic carbocycles. The molecule has 2 aromatic rings. The highest BCUT2D eigenvalue weighted by Gasteiger charge is 2.24. The maximum Gasteiger partial charge on any atom is 0.262 e. The van der Waals surface area contributed by atoms with Crippen LogP contribution in [0.2, 0.25) is 5.02 Å². The summed E-state index contributed by atoms with van der Waals surface area (Å²) in [6.45, 7) is 5.54. The summed E-state index contributed by atoms with van der Waals surface area (Å²) in [7, 11) is 0. The number of hydrazone groups is 1. The first-order valence-corrected chi connectivity index (χ1v) is 10.7. The minimum Gasteiger partial charge on any atom is -0.490 e. The molecule has 0 aliphatic rings. The van der Waals surface area contributed by atoms with Crippen molar-refractivity contribution in [2.75, 3.05) is 13.2 Å². The number of carbonyl (C=O) groups is 3. The van der Waals surface area contributed by atoms with Gasteiger partial charge in [0.15, 0.2) is 18.1 Å². The zero-order chi connectivity index (χ0) is 24.4. The van der Waals surface area contributed by atoms with Crippen LogP contribution in [-0.4, -0.2) is 43.2 Å². The van der Waals surface area contributed by atoms with Crippen molar-refractivity contribution >= 4 is 35.5 Å². The molecule has 1 unspecified atom stereocenters. The van der Waals surface area contributed by atoms with Gasteiger partial charge in [0.2, 0.25) is 0 Å². The number of rotatable bonds is 11. The van der Waals surface area contributed by atoms with Crippen LogP contribution in [0.5, 0.6) is 11.5 Å². The smallest absolute Gasteiger partial charge is 0.262 e. The molecule has 2 aromatic carbocycles. The Morgan fingerprint density at radius 2 is 1.79 bits per heavy atom. The third kappa shape index (κ3) is 8.12. The molecule has 0 aromatic heterocycles. The molecule has 3 amide bonds. The van der Waals surface area contributed by atoms with Gasteiger partial charge in [-0.15, -0.1) is 0 Å². The number of ether oxygens (including phenoxy) is 2. The molecule has 0 spiro atoms. The second-order valence-electron chi connectivity index (χ2n) is 7.33. The largest absolute Gasteiger partial charge is 0.490 e. The van der Waals surface area contributed by atoms with Gasteiger partial charge in [0.05, 0.1) is 12.8 Å². The normalized spacial score (nSPS) is 11.8. The van der Waals surface area contributed by atoms with E-state index in [1.807, 2.05) is 20.8 Å². The first-order valence-electron chi connectivity index (χ1n) is 10.3. The van der Waals surface area contributed by atoms with Crippen LogP contribution in [-0.2, 0) is 9.59 Å². The van der Waals surface area contributed by atoms with Crippen LogP contribution in [0.3, 0.4) is 0 Å². The van der Waals surface area contributed by atoms with Crippen molar-refractivity contribution in [1.29, 1.82) is 0 Å². The number of nitrogens with two attached hydrogens (primary N) is 1. The van der Waals surface area contributed by atoms with Gasteiger partial charge in [-0.3, -0.25) is 14.4 Å². The van der Waals surface area contributed by atoms with E-state index in [2.05, 4.69) is 15.8 Å². The van der Waals surface area contributed by atoms with E-state index in [-0.39, 0.29) is 12.5 Å². The molecule has 9 nitrogen and oxygen atoms in total. The van der Waals surface area contributed by atoms with Gasteiger partial charge in [-0.05, 0) is 60.9 Å². The molecule has 0 radical (unpaired) electrons. The number of primary amides is 1. The summed E-state index contributed by atoms with van der Waals surface area (Å²) in [5, 5.41) is 7.21. The standard InChI is InChI=1S/C23H27ClN4O5/c1-4-32-19-11-15(5-10-18(19)33-13-20(25)29)12-26-28-23(31)21(14(2)3)27-22(30)16-6-8-17(24)9-7-16/h5-12,14,21H,4,13H2,1-3H3,(H2,25,29)(H,27,30)(H,28,31)/b26-12-. The van der Waals surface area contributed by atoms with Gasteiger partial charge in [0, 0.05) is 10.6 Å². The van der Waals surface area contributed by atoms with Crippen molar-refractivity contribution in [2.45, 2.75) is 26.8 Å². The predicted octanol–water partition coefficient (Wildman–Crippen LogP) is 2.51. The maximum atomic E-state index is 12.6. The molecule has 176 valence electrons. The summed E-state index contributed by atoms with van der Waals surface area (Å²) in [6, 6.07) is 10.5. The average Bonchev–Trinajstić information content (AvgIpc) is 2.77. The SMILES string of the molecule is CCOc1cc(/C=N\NC(=O)C(NC(=O)c2ccc(Cl)cc2)C(C)C)ccc1OCC(N)=O. The van der Waals surface area contributed by atoms with Gasteiger partial charge in [0.25, 0.3) is 17.7 Å². The van der Waals surface area contributed by atoms with Crippen molar-refractivity contribution in [2.24, 2.45) is 16.8 Å². The zero-order valence-electron chi connectivity index (χ0n) is 18.6. The lowest BCUT2D eigenvalue weighted by Gasteiger charge is -2.20. The lowest BCUT2D eigenvalue weighted by molar-refractivity contribution is -0.124. The van der Waals surface area contributed by atoms with Crippen molar-refractivity contribution in [1.82, 2.24) is 10.7 Å². The summed E-state index contributed by atoms with van der Waals surface area (Å²) in [4.78, 5) is 36.0. The van der Waals surface area contributed by atoms with E-state index in [1.54, 1.807) is 42.5 Å². The van der Waals surface area contributed by atoms with Gasteiger partial charge in [-0.1, -0.05) is 25.4 Å². The van der Waals surface area contributed by atoms with Gasteiger partial charge in [0.1, 0.15) is 6.04 Å². The number of hydrogen-bond acceptors (Lipinski definition) is 6. The molecule has 1 atom stereocenters. The number of amides is 3. The Labute approximate surface area is 197 Å². The molecule has 33 heavy (non-hydrogen) atoms. The lowest BCUT2D eigenvalue weighted by Crippen LogP contribution is -2.48. The van der Waals surface area contributed by atoms with E-state index in [0.717, 1.165) is 0 Å². The number of hydrogen-bond donors (Lipinski definition) is 3. The topological polar surface area (TPSA) is 132 Å². The van der Waals surface area contributed by atoms with Crippen LogP contribution in [0.25, 0.3) is 0 Å². The molecule has 0 fully saturated rings. The number of carbonyl (C=O) groups excluding carboxylic acids is 3. The second-order valence-corrected chi connectivity index (χ2v) is 7.77. The molecule has 0 heterocycles. The molecule has 10 heteroatoms. The van der Waals surface area contributed by atoms with Crippen LogP contribution < -0.4 is 25.9 Å². The van der Waals surface area contributed by atoms with Gasteiger partial charge in [-0.2, -0.15) is 5.10 Å². The zero-order valence-corrected chi connectivity index (χ0v) is 19.4. The minimum atomic E-state index is -0.797. The summed E-state index contributed by atoms with van der Waals surface area (Å²) in [6.07, 6.45) is 1.43. The highest BCUT2D eigenvalue weighted by molar-refractivity contribution is 6.30. The fourth-order valence-electron chi connectivity index (χ4n) is 2.74. The number of nitrogens with zero attached hydrogens (tertiary/aromatic N) is 1. The van der Waals surface area contributed by atoms with Crippen LogP contribution >= 0.6 is 11.6 Å². The number of halogens is 1. The highest BCUT2D eigenvalue weighted by Crippen LogP contribution is 2.28. The van der Waals surface area contributed by atoms with E-state index < -0.39 is 23.8 Å². The Balaban J connectivity index is 2.04. The van der Waals surface area contributed by atoms with Crippen molar-refractivity contribution < 1.29 is 23.9 Å². The quantitative estimate of drug-likeness (QED) is 0.340. The molecular weight excluding hydrogens is 448 g/mol. The van der Waals surface area contributed by atoms with E-state index >= 15 is 0 Å². The highest BCUT2D eigenvalue weighted by atomic mass is 35.5. The predicted molar refractivity (Wildman–Crippen MR) is 126 cm³/mol. The van der Waals surface area contributed by atoms with Crippen molar-refractivity contribution in [3.05, 3.63) is 58.6 Å². The van der Waals surface area contributed by atoms with E-state index in [9.17, 15) is 14.4 Å². The first kappa shape index (κ1) is 25.7. The van der Waals surface area contributed by atoms with Crippen LogP contribution in [0.4, 0.5) is 0 Å². The van der Waals surface area contributed by atoms with Gasteiger partial charge in [-0.25, -0.2) is 5.43 Å². The Morgan fingerprint density at radius 3 is 2.39 bits per heavy atom. The maximum absolute atomic E-state index is 12.6. The first-order chi connectivity index (χ1) is 15.7. The van der Waals surface area contributed by atoms with Gasteiger partial charge >= 0.3 is 0 Å². The number of benzene rings is 2. The van der Waals surface area contributed by atoms with Crippen LogP contribution in [0.15, 0.2) is 47.6 Å². The van der Waals surface area contributed by atoms with E-state index in [0.29, 0.717) is 34.3 Å². The van der Waals surface area contributed by atoms with Crippen molar-refractivity contribution in [3.8, 4) is 11.5 Å². The fraction of sp³-hybridized carbons (Fsp3) is 0.304. The van der Waals surface area contributed by atoms with E-state index in [1.165, 1.54) is 6.21 Å². The molecule has 2 rings (SSSR count). The second kappa shape index (κ2) is 12.4. The Morgan fingerprint density at radius 1 is 1.09 bits per heavy atom. The third-order valence-corrected chi connectivity index (χ3v) is 4.62. The Kier molecular flexibility index (Phi) is 9.68. The Bertz CT molecular complexity index is 1010. The summed E-state index contributed by atoms with van der Waals surface area (Å²) in [5.74, 6) is -0.866. The van der Waals surface area contributed by atoms with E-state index in [4.69, 9.17) is 26.8 Å². The minimum absolute atomic E-state index is 0.178. The molecule has 0 bridgehead atoms. The number of nitrogens with one attached hydrogen (secondary N) is 2. The van der Waals surface area contributed by atoms with Crippen LogP contribution in [0, 0.1) is 5.92 Å². The molecule has 0 saturated heterocycles. The molecule has 0 saturated carbocycles.